The number of carbonyl (C=O) groups excluding carboxylic acids is 2. The summed E-state index contributed by atoms with van der Waals surface area (Å²) in [5, 5.41) is 4.97. The summed E-state index contributed by atoms with van der Waals surface area (Å²) < 4.78 is 23.7. The molecule has 2 rings (SSSR count). The average molecular weight is 332 g/mol. The van der Waals surface area contributed by atoms with Gasteiger partial charge in [-0.15, -0.1) is 0 Å². The van der Waals surface area contributed by atoms with Crippen molar-refractivity contribution >= 4 is 17.5 Å². The highest BCUT2D eigenvalue weighted by atomic mass is 19.1. The van der Waals surface area contributed by atoms with Crippen molar-refractivity contribution in [3.05, 3.63) is 53.8 Å². The summed E-state index contributed by atoms with van der Waals surface area (Å²) in [5.74, 6) is -0.758. The number of halogens is 1. The lowest BCUT2D eigenvalue weighted by atomic mass is 10.2. The first-order chi connectivity index (χ1) is 11.5. The minimum Gasteiger partial charge on any atom is -0.493 e. The van der Waals surface area contributed by atoms with Gasteiger partial charge in [0.05, 0.1) is 26.3 Å². The van der Waals surface area contributed by atoms with Crippen molar-refractivity contribution in [3.63, 3.8) is 0 Å². The Bertz CT molecular complexity index is 749. The lowest BCUT2D eigenvalue weighted by Crippen LogP contribution is -2.33. The van der Waals surface area contributed by atoms with Crippen LogP contribution in [0.4, 0.5) is 10.1 Å². The number of nitrogens with one attached hydrogen (secondary N) is 2. The predicted molar refractivity (Wildman–Crippen MR) is 86.9 cm³/mol. The molecule has 126 valence electrons. The first kappa shape index (κ1) is 17.3. The molecule has 0 bridgehead atoms. The molecule has 0 spiro atoms. The van der Waals surface area contributed by atoms with Crippen LogP contribution in [0.15, 0.2) is 42.5 Å². The van der Waals surface area contributed by atoms with Gasteiger partial charge >= 0.3 is 0 Å². The maximum atomic E-state index is 13.5. The summed E-state index contributed by atoms with van der Waals surface area (Å²) in [6.07, 6.45) is 0. The Labute approximate surface area is 138 Å². The molecular weight excluding hydrogens is 315 g/mol. The molecule has 2 aromatic rings. The molecule has 7 heteroatoms. The summed E-state index contributed by atoms with van der Waals surface area (Å²) in [7, 11) is 2.99. The Morgan fingerprint density at radius 1 is 1.04 bits per heavy atom. The Morgan fingerprint density at radius 3 is 2.42 bits per heavy atom. The molecule has 0 heterocycles. The molecule has 0 aliphatic heterocycles. The van der Waals surface area contributed by atoms with E-state index in [9.17, 15) is 14.0 Å². The van der Waals surface area contributed by atoms with Crippen molar-refractivity contribution in [3.8, 4) is 11.5 Å². The van der Waals surface area contributed by atoms with Gasteiger partial charge in [-0.2, -0.15) is 0 Å². The van der Waals surface area contributed by atoms with E-state index in [0.29, 0.717) is 17.2 Å². The highest BCUT2D eigenvalue weighted by molar-refractivity contribution is 5.99. The number of methoxy groups -OCH3 is 2. The fourth-order valence-corrected chi connectivity index (χ4v) is 2.02. The number of anilines is 1. The maximum Gasteiger partial charge on any atom is 0.254 e. The molecule has 0 fully saturated rings. The first-order valence-electron chi connectivity index (χ1n) is 7.09. The summed E-state index contributed by atoms with van der Waals surface area (Å²) >= 11 is 0. The van der Waals surface area contributed by atoms with Crippen LogP contribution in [0.5, 0.6) is 11.5 Å². The van der Waals surface area contributed by atoms with Gasteiger partial charge in [-0.25, -0.2) is 4.39 Å². The third-order valence-corrected chi connectivity index (χ3v) is 3.20. The molecule has 0 aromatic heterocycles. The number of amides is 2. The minimum atomic E-state index is -0.657. The van der Waals surface area contributed by atoms with Gasteiger partial charge < -0.3 is 20.1 Å². The van der Waals surface area contributed by atoms with Gasteiger partial charge in [-0.1, -0.05) is 12.1 Å². The summed E-state index contributed by atoms with van der Waals surface area (Å²) in [5.41, 5.74) is 0.370. The zero-order valence-corrected chi connectivity index (χ0v) is 13.3. The van der Waals surface area contributed by atoms with Crippen molar-refractivity contribution in [2.45, 2.75) is 0 Å². The monoisotopic (exact) mass is 332 g/mol. The van der Waals surface area contributed by atoms with Gasteiger partial charge in [0.2, 0.25) is 5.91 Å². The summed E-state index contributed by atoms with van der Waals surface area (Å²) in [4.78, 5) is 23.7. The van der Waals surface area contributed by atoms with Crippen molar-refractivity contribution in [1.29, 1.82) is 0 Å². The minimum absolute atomic E-state index is 0.114. The van der Waals surface area contributed by atoms with Gasteiger partial charge in [0, 0.05) is 11.8 Å². The van der Waals surface area contributed by atoms with Crippen LogP contribution in [0, 0.1) is 5.82 Å². The van der Waals surface area contributed by atoms with Crippen molar-refractivity contribution in [1.82, 2.24) is 5.32 Å². The van der Waals surface area contributed by atoms with Gasteiger partial charge in [0.25, 0.3) is 5.91 Å². The molecule has 0 saturated carbocycles. The van der Waals surface area contributed by atoms with Crippen molar-refractivity contribution in [2.24, 2.45) is 0 Å². The molecule has 0 unspecified atom stereocenters. The quantitative estimate of drug-likeness (QED) is 0.850. The number of hydrogen-bond acceptors (Lipinski definition) is 4. The van der Waals surface area contributed by atoms with E-state index in [4.69, 9.17) is 9.47 Å². The second-order valence-corrected chi connectivity index (χ2v) is 4.78. The SMILES string of the molecule is COc1ccc(NC(=O)CNC(=O)c2ccccc2F)cc1OC. The first-order valence-corrected chi connectivity index (χ1v) is 7.09. The second kappa shape index (κ2) is 7.96. The predicted octanol–water partition coefficient (Wildman–Crippen LogP) is 2.21. The third kappa shape index (κ3) is 4.22. The topological polar surface area (TPSA) is 76.7 Å². The average Bonchev–Trinajstić information content (AvgIpc) is 2.60. The van der Waals surface area contributed by atoms with E-state index in [1.807, 2.05) is 0 Å². The van der Waals surface area contributed by atoms with Gasteiger partial charge in [-0.3, -0.25) is 9.59 Å². The lowest BCUT2D eigenvalue weighted by Gasteiger charge is -2.11. The van der Waals surface area contributed by atoms with E-state index in [1.165, 1.54) is 32.4 Å². The van der Waals surface area contributed by atoms with E-state index in [0.717, 1.165) is 0 Å². The van der Waals surface area contributed by atoms with Gasteiger partial charge in [0.15, 0.2) is 11.5 Å². The van der Waals surface area contributed by atoms with Crippen molar-refractivity contribution < 1.29 is 23.5 Å². The molecule has 0 saturated heterocycles. The number of benzene rings is 2. The van der Waals surface area contributed by atoms with Crippen LogP contribution in [0.1, 0.15) is 10.4 Å². The Balaban J connectivity index is 1.94. The third-order valence-electron chi connectivity index (χ3n) is 3.20. The van der Waals surface area contributed by atoms with E-state index < -0.39 is 17.6 Å². The molecule has 0 aliphatic rings. The Kier molecular flexibility index (Phi) is 5.73. The summed E-state index contributed by atoms with van der Waals surface area (Å²) in [6.45, 7) is -0.290. The van der Waals surface area contributed by atoms with Crippen molar-refractivity contribution in [2.75, 3.05) is 26.1 Å². The number of carbonyl (C=O) groups is 2. The zero-order valence-electron chi connectivity index (χ0n) is 13.3. The molecule has 0 aliphatic carbocycles. The van der Waals surface area contributed by atoms with E-state index in [-0.39, 0.29) is 12.1 Å². The zero-order chi connectivity index (χ0) is 17.5. The second-order valence-electron chi connectivity index (χ2n) is 4.78. The normalized spacial score (nSPS) is 9.96. The number of hydrogen-bond donors (Lipinski definition) is 2. The fourth-order valence-electron chi connectivity index (χ4n) is 2.02. The van der Waals surface area contributed by atoms with Crippen LogP contribution >= 0.6 is 0 Å². The van der Waals surface area contributed by atoms with E-state index in [2.05, 4.69) is 10.6 Å². The molecule has 2 aromatic carbocycles. The largest absolute Gasteiger partial charge is 0.493 e. The highest BCUT2D eigenvalue weighted by Gasteiger charge is 2.12. The lowest BCUT2D eigenvalue weighted by molar-refractivity contribution is -0.115. The maximum absolute atomic E-state index is 13.5. The molecular formula is C17H17FN2O4. The molecule has 0 radical (unpaired) electrons. The molecule has 24 heavy (non-hydrogen) atoms. The standard InChI is InChI=1S/C17H17FN2O4/c1-23-14-8-7-11(9-15(14)24-2)20-16(21)10-19-17(22)12-5-3-4-6-13(12)18/h3-9H,10H2,1-2H3,(H,19,22)(H,20,21). The molecule has 2 N–H and O–H groups in total. The van der Waals surface area contributed by atoms with Crippen LogP contribution in [-0.2, 0) is 4.79 Å². The van der Waals surface area contributed by atoms with Crippen LogP contribution < -0.4 is 20.1 Å². The Morgan fingerprint density at radius 2 is 1.75 bits per heavy atom. The Hall–Kier alpha value is -3.09. The molecule has 2 amide bonds. The number of ether oxygens (including phenoxy) is 2. The van der Waals surface area contributed by atoms with Crippen LogP contribution in [0.25, 0.3) is 0 Å². The fraction of sp³-hybridized carbons (Fsp3) is 0.176. The van der Waals surface area contributed by atoms with Gasteiger partial charge in [-0.05, 0) is 24.3 Å². The van der Waals surface area contributed by atoms with Crippen LogP contribution in [-0.4, -0.2) is 32.6 Å². The number of rotatable bonds is 6. The smallest absolute Gasteiger partial charge is 0.254 e. The van der Waals surface area contributed by atoms with E-state index in [1.54, 1.807) is 24.3 Å². The van der Waals surface area contributed by atoms with Crippen LogP contribution in [0.3, 0.4) is 0 Å². The van der Waals surface area contributed by atoms with Gasteiger partial charge in [0.1, 0.15) is 5.82 Å². The molecule has 0 atom stereocenters. The highest BCUT2D eigenvalue weighted by Crippen LogP contribution is 2.29. The van der Waals surface area contributed by atoms with E-state index >= 15 is 0 Å². The molecule has 6 nitrogen and oxygen atoms in total. The van der Waals surface area contributed by atoms with Crippen LogP contribution in [0.2, 0.25) is 0 Å². The summed E-state index contributed by atoms with van der Waals surface area (Å²) in [6, 6.07) is 10.4.